The second-order valence-electron chi connectivity index (χ2n) is 4.67. The summed E-state index contributed by atoms with van der Waals surface area (Å²) in [6, 6.07) is 7.56. The van der Waals surface area contributed by atoms with Crippen LogP contribution in [-0.2, 0) is 14.1 Å². The molecule has 5 nitrogen and oxygen atoms in total. The molecule has 1 atom stereocenters. The number of alkyl halides is 2. The van der Waals surface area contributed by atoms with E-state index in [2.05, 4.69) is 0 Å². The van der Waals surface area contributed by atoms with Crippen molar-refractivity contribution in [3.8, 4) is 5.75 Å². The van der Waals surface area contributed by atoms with Crippen molar-refractivity contribution in [2.45, 2.75) is 60.2 Å². The summed E-state index contributed by atoms with van der Waals surface area (Å²) in [7, 11) is -4.61. The molecule has 0 spiro atoms. The molecule has 0 heterocycles. The van der Waals surface area contributed by atoms with Gasteiger partial charge in [0.1, 0.15) is 12.3 Å². The number of para-hydroxylation sites is 1. The molecule has 0 aliphatic carbocycles. The molecule has 0 radical (unpaired) electrons. The quantitative estimate of drug-likeness (QED) is 0.501. The molecule has 0 bridgehead atoms. The summed E-state index contributed by atoms with van der Waals surface area (Å²) in [5, 5.41) is 2.00. The van der Waals surface area contributed by atoms with Gasteiger partial charge >= 0.3 is 19.2 Å². The Labute approximate surface area is 149 Å². The molecule has 146 valence electrons. The first kappa shape index (κ1) is 25.8. The number of hydrogen-bond acceptors (Lipinski definition) is 4. The highest BCUT2D eigenvalue weighted by atomic mass is 31.2. The normalized spacial score (nSPS) is 12.7. The van der Waals surface area contributed by atoms with Crippen molar-refractivity contribution in [1.82, 2.24) is 5.09 Å². The largest absolute Gasteiger partial charge is 0.462 e. The number of halogens is 2. The van der Waals surface area contributed by atoms with Crippen molar-refractivity contribution in [1.29, 1.82) is 0 Å². The third kappa shape index (κ3) is 10.2. The van der Waals surface area contributed by atoms with Gasteiger partial charge in [0.25, 0.3) is 0 Å². The topological polar surface area (TPSA) is 64.6 Å². The van der Waals surface area contributed by atoms with Gasteiger partial charge in [0.2, 0.25) is 0 Å². The zero-order valence-corrected chi connectivity index (χ0v) is 16.9. The van der Waals surface area contributed by atoms with Crippen LogP contribution in [0.25, 0.3) is 0 Å². The number of hydrogen-bond donors (Lipinski definition) is 1. The van der Waals surface area contributed by atoms with E-state index in [1.54, 1.807) is 32.0 Å². The molecule has 1 unspecified atom stereocenters. The van der Waals surface area contributed by atoms with Gasteiger partial charge in [-0.2, -0.15) is 8.78 Å². The van der Waals surface area contributed by atoms with Gasteiger partial charge in [0.05, 0.1) is 6.10 Å². The van der Waals surface area contributed by atoms with E-state index in [0.717, 1.165) is 0 Å². The van der Waals surface area contributed by atoms with Gasteiger partial charge in [0, 0.05) is 6.92 Å². The molecule has 25 heavy (non-hydrogen) atoms. The average molecular weight is 381 g/mol. The Morgan fingerprint density at radius 1 is 1.16 bits per heavy atom. The number of ether oxygens (including phenoxy) is 1. The lowest BCUT2D eigenvalue weighted by Gasteiger charge is -2.25. The number of esters is 1. The highest BCUT2D eigenvalue weighted by Crippen LogP contribution is 2.56. The van der Waals surface area contributed by atoms with Crippen molar-refractivity contribution in [3.05, 3.63) is 30.3 Å². The highest BCUT2D eigenvalue weighted by molar-refractivity contribution is 7.58. The third-order valence-electron chi connectivity index (χ3n) is 2.29. The van der Waals surface area contributed by atoms with Crippen LogP contribution >= 0.6 is 7.52 Å². The maximum Gasteiger partial charge on any atom is 0.385 e. The van der Waals surface area contributed by atoms with Gasteiger partial charge in [-0.05, 0) is 26.0 Å². The lowest BCUT2D eigenvalue weighted by Crippen LogP contribution is -2.32. The Kier molecular flexibility index (Phi) is 13.2. The zero-order valence-electron chi connectivity index (χ0n) is 16.0. The van der Waals surface area contributed by atoms with Crippen molar-refractivity contribution < 1.29 is 27.4 Å². The van der Waals surface area contributed by atoms with Gasteiger partial charge in [-0.1, -0.05) is 45.9 Å². The highest BCUT2D eigenvalue weighted by Gasteiger charge is 2.49. The van der Waals surface area contributed by atoms with Crippen molar-refractivity contribution >= 4 is 13.5 Å². The second-order valence-corrected chi connectivity index (χ2v) is 7.06. The van der Waals surface area contributed by atoms with E-state index in [4.69, 9.17) is 9.26 Å². The predicted molar refractivity (Wildman–Crippen MR) is 97.2 cm³/mol. The maximum atomic E-state index is 13.6. The fraction of sp³-hybridized carbons (Fsp3) is 0.588. The fourth-order valence-electron chi connectivity index (χ4n) is 1.35. The van der Waals surface area contributed by atoms with Crippen LogP contribution in [0.5, 0.6) is 5.75 Å². The van der Waals surface area contributed by atoms with Gasteiger partial charge in [-0.25, -0.2) is 5.09 Å². The monoisotopic (exact) mass is 381 g/mol. The van der Waals surface area contributed by atoms with Crippen molar-refractivity contribution in [2.24, 2.45) is 0 Å². The molecule has 0 amide bonds. The minimum atomic E-state index is -4.61. The van der Waals surface area contributed by atoms with Crippen LogP contribution < -0.4 is 9.61 Å². The molecule has 8 heteroatoms. The van der Waals surface area contributed by atoms with E-state index in [0.29, 0.717) is 6.92 Å². The van der Waals surface area contributed by atoms with E-state index in [1.165, 1.54) is 12.1 Å². The molecule has 0 aromatic heterocycles. The molecule has 0 saturated heterocycles. The standard InChI is InChI=1S/C13H18F2NO4P.2C2H6/c1-10(2)19-12(17)9-16-21(18,13(3,14)15)20-11-7-5-4-6-8-11;2*1-2/h4-8,10H,9H2,1-3H3,(H,16,18);2*1-2H3. The van der Waals surface area contributed by atoms with Gasteiger partial charge in [-0.15, -0.1) is 0 Å². The molecule has 1 aromatic rings. The number of benzene rings is 1. The molecular weight excluding hydrogens is 351 g/mol. The summed E-state index contributed by atoms with van der Waals surface area (Å²) in [5.74, 6) is -0.766. The van der Waals surface area contributed by atoms with Crippen LogP contribution in [0.4, 0.5) is 8.78 Å². The van der Waals surface area contributed by atoms with Crippen LogP contribution in [0.2, 0.25) is 0 Å². The van der Waals surface area contributed by atoms with E-state index in [9.17, 15) is 18.1 Å². The Bertz CT molecular complexity index is 519. The molecule has 0 aliphatic rings. The Morgan fingerprint density at radius 3 is 2.04 bits per heavy atom. The average Bonchev–Trinajstić information content (AvgIpc) is 2.56. The minimum absolute atomic E-state index is 0.0204. The molecule has 0 aliphatic heterocycles. The number of nitrogens with one attached hydrogen (secondary N) is 1. The van der Waals surface area contributed by atoms with Gasteiger partial charge < -0.3 is 9.26 Å². The summed E-state index contributed by atoms with van der Waals surface area (Å²) >= 11 is 0. The number of carbonyl (C=O) groups excluding carboxylic acids is 1. The van der Waals surface area contributed by atoms with Crippen LogP contribution in [-0.4, -0.2) is 24.3 Å². The zero-order chi connectivity index (χ0) is 20.1. The van der Waals surface area contributed by atoms with Crippen LogP contribution in [0.1, 0.15) is 48.5 Å². The third-order valence-corrected chi connectivity index (χ3v) is 4.37. The number of carbonyl (C=O) groups is 1. The molecule has 1 N–H and O–H groups in total. The van der Waals surface area contributed by atoms with Crippen LogP contribution in [0.3, 0.4) is 0 Å². The van der Waals surface area contributed by atoms with E-state index < -0.39 is 31.8 Å². The minimum Gasteiger partial charge on any atom is -0.462 e. The molecular formula is C17H30F2NO4P. The first-order valence-corrected chi connectivity index (χ1v) is 9.94. The molecule has 0 fully saturated rings. The fourth-order valence-corrected chi connectivity index (χ4v) is 2.61. The number of rotatable bonds is 7. The smallest absolute Gasteiger partial charge is 0.385 e. The van der Waals surface area contributed by atoms with E-state index in [1.807, 2.05) is 32.8 Å². The summed E-state index contributed by atoms with van der Waals surface area (Å²) in [4.78, 5) is 11.4. The van der Waals surface area contributed by atoms with Crippen molar-refractivity contribution in [3.63, 3.8) is 0 Å². The molecule has 1 rings (SSSR count). The summed E-state index contributed by atoms with van der Waals surface area (Å²) in [5.41, 5.74) is -3.65. The SMILES string of the molecule is CC.CC.CC(C)OC(=O)CNP(=O)(Oc1ccccc1)C(C)(F)F. The van der Waals surface area contributed by atoms with E-state index >= 15 is 0 Å². The first-order valence-electron chi connectivity index (χ1n) is 8.31. The maximum absolute atomic E-state index is 13.6. The predicted octanol–water partition coefficient (Wildman–Crippen LogP) is 5.46. The van der Waals surface area contributed by atoms with E-state index in [-0.39, 0.29) is 5.75 Å². The summed E-state index contributed by atoms with van der Waals surface area (Å²) in [6.07, 6.45) is -0.393. The van der Waals surface area contributed by atoms with Crippen LogP contribution in [0.15, 0.2) is 30.3 Å². The van der Waals surface area contributed by atoms with Gasteiger partial charge in [0.15, 0.2) is 0 Å². The lowest BCUT2D eigenvalue weighted by atomic mass is 10.3. The Morgan fingerprint density at radius 2 is 1.64 bits per heavy atom. The Hall–Kier alpha value is -1.46. The summed E-state index contributed by atoms with van der Waals surface area (Å²) < 4.78 is 49.1. The lowest BCUT2D eigenvalue weighted by molar-refractivity contribution is -0.145. The Balaban J connectivity index is 0. The first-order chi connectivity index (χ1) is 11.6. The summed E-state index contributed by atoms with van der Waals surface area (Å²) in [6.45, 7) is 11.1. The molecule has 1 aromatic carbocycles. The van der Waals surface area contributed by atoms with Crippen LogP contribution in [0, 0.1) is 0 Å². The van der Waals surface area contributed by atoms with Crippen molar-refractivity contribution in [2.75, 3.05) is 6.54 Å². The van der Waals surface area contributed by atoms with Gasteiger partial charge in [-0.3, -0.25) is 9.36 Å². The molecule has 0 saturated carbocycles. The second kappa shape index (κ2) is 12.8.